The first-order valence-electron chi connectivity index (χ1n) is 17.4. The molecule has 1 fully saturated rings. The van der Waals surface area contributed by atoms with Crippen LogP contribution in [0.25, 0.3) is 22.0 Å². The van der Waals surface area contributed by atoms with Gasteiger partial charge in [0, 0.05) is 105 Å². The minimum atomic E-state index is 0.164. The van der Waals surface area contributed by atoms with Crippen LogP contribution in [-0.4, -0.2) is 107 Å². The third-order valence-corrected chi connectivity index (χ3v) is 8.91. The van der Waals surface area contributed by atoms with E-state index in [0.29, 0.717) is 43.1 Å². The van der Waals surface area contributed by atoms with Crippen molar-refractivity contribution >= 4 is 59.6 Å². The van der Waals surface area contributed by atoms with E-state index in [2.05, 4.69) is 49.1 Å². The van der Waals surface area contributed by atoms with Gasteiger partial charge in [0.05, 0.1) is 17.3 Å². The van der Waals surface area contributed by atoms with Gasteiger partial charge < -0.3 is 27.0 Å². The van der Waals surface area contributed by atoms with Crippen molar-refractivity contribution in [3.8, 4) is 0 Å². The van der Waals surface area contributed by atoms with E-state index >= 15 is 0 Å². The Bertz CT molecular complexity index is 1600. The van der Waals surface area contributed by atoms with E-state index < -0.39 is 0 Å². The summed E-state index contributed by atoms with van der Waals surface area (Å²) < 4.78 is 0. The Morgan fingerprint density at radius 2 is 1.98 bits per heavy atom. The second-order valence-electron chi connectivity index (χ2n) is 12.3. The number of rotatable bonds is 21. The molecule has 1 unspecified atom stereocenters. The molecule has 0 bridgehead atoms. The lowest BCUT2D eigenvalue weighted by Crippen LogP contribution is -2.39. The highest BCUT2D eigenvalue weighted by Gasteiger charge is 2.23. The zero-order chi connectivity index (χ0) is 36.1. The molecule has 1 saturated heterocycles. The number of benzene rings is 1. The molecule has 1 aliphatic heterocycles. The number of nitrogens with one attached hydrogen (secondary N) is 2. The lowest BCUT2D eigenvalue weighted by Gasteiger charge is -2.33. The average molecular weight is 683 g/mol. The fraction of sp³-hybridized carbons (Fsp3) is 0.447. The number of aromatic nitrogens is 1. The van der Waals surface area contributed by atoms with Crippen LogP contribution in [-0.2, 0) is 9.59 Å². The summed E-state index contributed by atoms with van der Waals surface area (Å²) in [5.41, 5.74) is 18.2. The number of hydrogen-bond donors (Lipinski definition) is 4. The van der Waals surface area contributed by atoms with E-state index in [1.807, 2.05) is 37.5 Å². The van der Waals surface area contributed by atoms with E-state index in [4.69, 9.17) is 16.5 Å². The summed E-state index contributed by atoms with van der Waals surface area (Å²) in [5, 5.41) is 8.02. The smallest absolute Gasteiger partial charge is 0.207 e. The SMILES string of the molecule is C=N/C=C(/C=O)C=NCCC(CCNC)CN1CCC(N=C(CCNC=O)/C(CC)=C(\N)c2cccc3cc(/C(C=NC)=C/N)ncc23)CC1. The Kier molecular flexibility index (Phi) is 17.4. The van der Waals surface area contributed by atoms with Crippen molar-refractivity contribution in [2.75, 3.05) is 53.4 Å². The van der Waals surface area contributed by atoms with Crippen LogP contribution in [0.4, 0.5) is 0 Å². The molecule has 0 saturated carbocycles. The number of fused-ring (bicyclic) bond motifs is 1. The first kappa shape index (κ1) is 39.6. The Morgan fingerprint density at radius 3 is 2.64 bits per heavy atom. The molecule has 1 atom stereocenters. The van der Waals surface area contributed by atoms with Crippen molar-refractivity contribution in [3.63, 3.8) is 0 Å². The molecule has 0 spiro atoms. The molecule has 1 aliphatic rings. The Hall–Kier alpha value is -4.81. The zero-order valence-corrected chi connectivity index (χ0v) is 29.9. The number of carbonyl (C=O) groups excluding carboxylic acids is 2. The van der Waals surface area contributed by atoms with Crippen LogP contribution in [0.3, 0.4) is 0 Å². The lowest BCUT2D eigenvalue weighted by atomic mass is 9.94. The summed E-state index contributed by atoms with van der Waals surface area (Å²) in [6.07, 6.45) is 14.6. The van der Waals surface area contributed by atoms with Crippen molar-refractivity contribution in [2.45, 2.75) is 51.5 Å². The molecule has 3 rings (SSSR count). The number of hydrogen-bond acceptors (Lipinski definition) is 11. The standard InChI is InChI=1S/C38H54N10O2/c1-5-33(38(40)34-8-6-7-30-19-37(46-24-35(30)34)31(20-39)23-43-4)36(11-16-45-27-50)47-32-12-17-48(18-13-32)25-28(9-14-41-2)10-15-44-22-29(26-49)21-42-3/h6-8,19-24,26-28,32,41H,3,5,9-18,25,39-40H2,1-2,4H3,(H,45,50)/b29-21+,31-20+,38-33-,43-23?,44-22?,47-36?. The van der Waals surface area contributed by atoms with Gasteiger partial charge in [-0.1, -0.05) is 25.1 Å². The van der Waals surface area contributed by atoms with Crippen molar-refractivity contribution in [1.82, 2.24) is 20.5 Å². The molecule has 6 N–H and O–H groups in total. The molecular weight excluding hydrogens is 628 g/mol. The highest BCUT2D eigenvalue weighted by Crippen LogP contribution is 2.28. The van der Waals surface area contributed by atoms with Crippen LogP contribution in [0.15, 0.2) is 74.0 Å². The second-order valence-corrected chi connectivity index (χ2v) is 12.3. The van der Waals surface area contributed by atoms with Crippen LogP contribution in [0.1, 0.15) is 56.7 Å². The number of nitrogens with zero attached hydrogens (tertiary/aromatic N) is 6. The highest BCUT2D eigenvalue weighted by atomic mass is 16.1. The number of amides is 1. The second kappa shape index (κ2) is 22.0. The van der Waals surface area contributed by atoms with Gasteiger partial charge in [0.1, 0.15) is 0 Å². The Labute approximate surface area is 296 Å². The Morgan fingerprint density at radius 1 is 1.18 bits per heavy atom. The number of piperidine rings is 1. The van der Waals surface area contributed by atoms with E-state index in [1.165, 1.54) is 12.4 Å². The molecule has 12 heteroatoms. The van der Waals surface area contributed by atoms with E-state index in [1.54, 1.807) is 19.5 Å². The number of likely N-dealkylation sites (tertiary alicyclic amines) is 1. The van der Waals surface area contributed by atoms with E-state index in [9.17, 15) is 9.59 Å². The van der Waals surface area contributed by atoms with Crippen LogP contribution in [0.5, 0.6) is 0 Å². The fourth-order valence-corrected chi connectivity index (χ4v) is 6.27. The summed E-state index contributed by atoms with van der Waals surface area (Å²) in [6.45, 7) is 10.5. The minimum Gasteiger partial charge on any atom is -0.404 e. The predicted molar refractivity (Wildman–Crippen MR) is 209 cm³/mol. The molecule has 2 heterocycles. The van der Waals surface area contributed by atoms with Gasteiger partial charge in [-0.15, -0.1) is 0 Å². The van der Waals surface area contributed by atoms with Gasteiger partial charge in [-0.2, -0.15) is 0 Å². The molecule has 2 aromatic rings. The van der Waals surface area contributed by atoms with Crippen molar-refractivity contribution in [2.24, 2.45) is 37.4 Å². The van der Waals surface area contributed by atoms with E-state index in [-0.39, 0.29) is 6.04 Å². The number of nitrogens with two attached hydrogens (primary N) is 2. The van der Waals surface area contributed by atoms with Gasteiger partial charge >= 0.3 is 0 Å². The van der Waals surface area contributed by atoms with Crippen molar-refractivity contribution in [1.29, 1.82) is 0 Å². The quantitative estimate of drug-likeness (QED) is 0.0670. The molecule has 0 radical (unpaired) electrons. The third-order valence-electron chi connectivity index (χ3n) is 8.91. The predicted octanol–water partition coefficient (Wildman–Crippen LogP) is 3.83. The topological polar surface area (TPSA) is 176 Å². The molecule has 268 valence electrons. The highest BCUT2D eigenvalue weighted by molar-refractivity contribution is 6.11. The van der Waals surface area contributed by atoms with Crippen LogP contribution in [0, 0.1) is 5.92 Å². The van der Waals surface area contributed by atoms with Gasteiger partial charge in [-0.3, -0.25) is 34.5 Å². The number of aliphatic imine (C=N–C) groups is 4. The first-order valence-corrected chi connectivity index (χ1v) is 17.4. The minimum absolute atomic E-state index is 0.164. The number of carbonyl (C=O) groups is 2. The lowest BCUT2D eigenvalue weighted by molar-refractivity contribution is -0.109. The molecule has 0 aliphatic carbocycles. The average Bonchev–Trinajstić information content (AvgIpc) is 3.14. The van der Waals surface area contributed by atoms with Crippen molar-refractivity contribution < 1.29 is 9.59 Å². The Balaban J connectivity index is 1.80. The van der Waals surface area contributed by atoms with Crippen LogP contribution >= 0.6 is 0 Å². The number of allylic oxidation sites excluding steroid dienone is 3. The summed E-state index contributed by atoms with van der Waals surface area (Å²) in [4.78, 5) is 47.0. The van der Waals surface area contributed by atoms with Crippen LogP contribution in [0.2, 0.25) is 0 Å². The monoisotopic (exact) mass is 682 g/mol. The van der Waals surface area contributed by atoms with Gasteiger partial charge in [0.25, 0.3) is 0 Å². The number of aldehydes is 1. The fourth-order valence-electron chi connectivity index (χ4n) is 6.27. The van der Waals surface area contributed by atoms with E-state index in [0.717, 1.165) is 103 Å². The van der Waals surface area contributed by atoms with Gasteiger partial charge in [-0.05, 0) is 75.4 Å². The van der Waals surface area contributed by atoms with Gasteiger partial charge in [0.2, 0.25) is 6.41 Å². The normalized spacial score (nSPS) is 16.6. The van der Waals surface area contributed by atoms with Gasteiger partial charge in [-0.25, -0.2) is 0 Å². The largest absolute Gasteiger partial charge is 0.404 e. The molecular formula is C38H54N10O2. The summed E-state index contributed by atoms with van der Waals surface area (Å²) in [6, 6.07) is 8.22. The van der Waals surface area contributed by atoms with Crippen molar-refractivity contribution in [3.05, 3.63) is 65.3 Å². The number of pyridine rings is 1. The first-order chi connectivity index (χ1) is 24.4. The zero-order valence-electron chi connectivity index (χ0n) is 29.9. The maximum Gasteiger partial charge on any atom is 0.207 e. The maximum absolute atomic E-state index is 11.1. The van der Waals surface area contributed by atoms with Gasteiger partial charge in [0.15, 0.2) is 6.29 Å². The summed E-state index contributed by atoms with van der Waals surface area (Å²) in [5.74, 6) is 0.476. The third kappa shape index (κ3) is 12.0. The molecule has 50 heavy (non-hydrogen) atoms. The van der Waals surface area contributed by atoms with Crippen LogP contribution < -0.4 is 22.1 Å². The maximum atomic E-state index is 11.1. The molecule has 1 amide bonds. The summed E-state index contributed by atoms with van der Waals surface area (Å²) >= 11 is 0. The molecule has 1 aromatic heterocycles. The molecule has 1 aromatic carbocycles. The molecule has 12 nitrogen and oxygen atoms in total. The summed E-state index contributed by atoms with van der Waals surface area (Å²) in [7, 11) is 3.67.